The van der Waals surface area contributed by atoms with Gasteiger partial charge in [0, 0.05) is 18.1 Å². The maximum Gasteiger partial charge on any atom is 0.273 e. The molecule has 1 N–H and O–H groups in total. The zero-order valence-electron chi connectivity index (χ0n) is 14.6. The summed E-state index contributed by atoms with van der Waals surface area (Å²) >= 11 is 3.01. The molecule has 0 atom stereocenters. The van der Waals surface area contributed by atoms with Crippen molar-refractivity contribution in [2.75, 3.05) is 18.9 Å². The van der Waals surface area contributed by atoms with E-state index in [9.17, 15) is 9.59 Å². The fraction of sp³-hybridized carbons (Fsp3) is 0.211. The molecule has 3 aromatic rings. The Hall–Kier alpha value is -2.51. The van der Waals surface area contributed by atoms with Gasteiger partial charge in [0.05, 0.1) is 11.4 Å². The van der Waals surface area contributed by atoms with Gasteiger partial charge in [-0.3, -0.25) is 9.59 Å². The van der Waals surface area contributed by atoms with Crippen LogP contribution >= 0.6 is 22.7 Å². The number of anilines is 1. The van der Waals surface area contributed by atoms with Gasteiger partial charge in [-0.15, -0.1) is 22.7 Å². The molecule has 134 valence electrons. The van der Waals surface area contributed by atoms with Crippen molar-refractivity contribution >= 4 is 40.2 Å². The van der Waals surface area contributed by atoms with E-state index in [-0.39, 0.29) is 18.4 Å². The number of aromatic nitrogens is 1. The standard InChI is InChI=1S/C19H19N3O2S2/c1-3-13-7-4-5-8-14(13)20-17(23)11-22(2)19(24)15-12-26-18(21-15)16-9-6-10-25-16/h4-10,12H,3,11H2,1-2H3,(H,20,23). The first-order valence-corrected chi connectivity index (χ1v) is 9.97. The fourth-order valence-electron chi connectivity index (χ4n) is 2.51. The molecule has 7 heteroatoms. The first-order chi connectivity index (χ1) is 12.6. The number of aryl methyl sites for hydroxylation is 1. The van der Waals surface area contributed by atoms with Crippen LogP contribution in [0.15, 0.2) is 47.2 Å². The van der Waals surface area contributed by atoms with Crippen molar-refractivity contribution in [3.63, 3.8) is 0 Å². The van der Waals surface area contributed by atoms with Crippen LogP contribution in [0.3, 0.4) is 0 Å². The zero-order valence-corrected chi connectivity index (χ0v) is 16.2. The number of hydrogen-bond acceptors (Lipinski definition) is 5. The Kier molecular flexibility index (Phi) is 5.80. The quantitative estimate of drug-likeness (QED) is 0.693. The van der Waals surface area contributed by atoms with Gasteiger partial charge in [0.25, 0.3) is 5.91 Å². The molecule has 0 aliphatic heterocycles. The van der Waals surface area contributed by atoms with Crippen LogP contribution in [-0.4, -0.2) is 35.3 Å². The lowest BCUT2D eigenvalue weighted by Gasteiger charge is -2.16. The van der Waals surface area contributed by atoms with E-state index in [1.165, 1.54) is 16.2 Å². The van der Waals surface area contributed by atoms with Gasteiger partial charge in [0.1, 0.15) is 10.7 Å². The van der Waals surface area contributed by atoms with Gasteiger partial charge in [-0.05, 0) is 29.5 Å². The Morgan fingerprint density at radius 1 is 1.15 bits per heavy atom. The Bertz CT molecular complexity index is 903. The van der Waals surface area contributed by atoms with E-state index >= 15 is 0 Å². The third-order valence-corrected chi connectivity index (χ3v) is 5.74. The molecule has 0 spiro atoms. The number of benzene rings is 1. The average Bonchev–Trinajstić information content (AvgIpc) is 3.32. The van der Waals surface area contributed by atoms with Crippen molar-refractivity contribution in [3.8, 4) is 9.88 Å². The third-order valence-electron chi connectivity index (χ3n) is 3.86. The molecule has 0 saturated heterocycles. The Balaban J connectivity index is 1.63. The monoisotopic (exact) mass is 385 g/mol. The summed E-state index contributed by atoms with van der Waals surface area (Å²) in [7, 11) is 1.61. The summed E-state index contributed by atoms with van der Waals surface area (Å²) in [6.45, 7) is 2.01. The number of carbonyl (C=O) groups excluding carboxylic acids is 2. The van der Waals surface area contributed by atoms with Crippen molar-refractivity contribution in [2.24, 2.45) is 0 Å². The minimum absolute atomic E-state index is 0.0251. The lowest BCUT2D eigenvalue weighted by Crippen LogP contribution is -2.35. The topological polar surface area (TPSA) is 62.3 Å². The number of amides is 2. The minimum atomic E-state index is -0.261. The molecule has 0 aliphatic carbocycles. The van der Waals surface area contributed by atoms with E-state index in [1.807, 2.05) is 48.7 Å². The number of hydrogen-bond donors (Lipinski definition) is 1. The largest absolute Gasteiger partial charge is 0.331 e. The molecule has 2 amide bonds. The molecule has 3 rings (SSSR count). The van der Waals surface area contributed by atoms with Gasteiger partial charge in [-0.1, -0.05) is 31.2 Å². The minimum Gasteiger partial charge on any atom is -0.331 e. The molecular weight excluding hydrogens is 366 g/mol. The second-order valence-electron chi connectivity index (χ2n) is 5.74. The van der Waals surface area contributed by atoms with Crippen LogP contribution in [0, 0.1) is 0 Å². The lowest BCUT2D eigenvalue weighted by atomic mass is 10.1. The highest BCUT2D eigenvalue weighted by molar-refractivity contribution is 7.20. The molecule has 5 nitrogen and oxygen atoms in total. The Morgan fingerprint density at radius 3 is 2.69 bits per heavy atom. The first-order valence-electron chi connectivity index (χ1n) is 8.21. The molecule has 26 heavy (non-hydrogen) atoms. The zero-order chi connectivity index (χ0) is 18.5. The number of thiazole rings is 1. The van der Waals surface area contributed by atoms with Crippen LogP contribution in [-0.2, 0) is 11.2 Å². The third kappa shape index (κ3) is 4.17. The number of likely N-dealkylation sites (N-methyl/N-ethyl adjacent to an activating group) is 1. The summed E-state index contributed by atoms with van der Waals surface area (Å²) in [5.74, 6) is -0.488. The summed E-state index contributed by atoms with van der Waals surface area (Å²) in [6, 6.07) is 11.6. The molecule has 0 bridgehead atoms. The van der Waals surface area contributed by atoms with Crippen LogP contribution in [0.4, 0.5) is 5.69 Å². The maximum atomic E-state index is 12.5. The van der Waals surface area contributed by atoms with Crippen molar-refractivity contribution in [3.05, 3.63) is 58.4 Å². The maximum absolute atomic E-state index is 12.5. The predicted molar refractivity (Wildman–Crippen MR) is 107 cm³/mol. The number of carbonyl (C=O) groups is 2. The number of nitrogens with zero attached hydrogens (tertiary/aromatic N) is 2. The van der Waals surface area contributed by atoms with Gasteiger partial charge in [-0.25, -0.2) is 4.98 Å². The van der Waals surface area contributed by atoms with Crippen molar-refractivity contribution in [1.82, 2.24) is 9.88 Å². The normalized spacial score (nSPS) is 10.5. The van der Waals surface area contributed by atoms with Crippen LogP contribution in [0.25, 0.3) is 9.88 Å². The van der Waals surface area contributed by atoms with Gasteiger partial charge >= 0.3 is 0 Å². The number of thiophene rings is 1. The summed E-state index contributed by atoms with van der Waals surface area (Å²) in [5, 5.41) is 7.40. The van der Waals surface area contributed by atoms with E-state index in [0.717, 1.165) is 27.6 Å². The summed E-state index contributed by atoms with van der Waals surface area (Å²) in [4.78, 5) is 31.6. The van der Waals surface area contributed by atoms with Crippen molar-refractivity contribution < 1.29 is 9.59 Å². The second-order valence-corrected chi connectivity index (χ2v) is 7.54. The molecule has 0 saturated carbocycles. The highest BCUT2D eigenvalue weighted by Crippen LogP contribution is 2.28. The van der Waals surface area contributed by atoms with E-state index in [4.69, 9.17) is 0 Å². The van der Waals surface area contributed by atoms with Crippen LogP contribution < -0.4 is 5.32 Å². The van der Waals surface area contributed by atoms with E-state index in [2.05, 4.69) is 10.3 Å². The van der Waals surface area contributed by atoms with Gasteiger partial charge in [0.15, 0.2) is 0 Å². The van der Waals surface area contributed by atoms with Gasteiger partial charge < -0.3 is 10.2 Å². The average molecular weight is 386 g/mol. The van der Waals surface area contributed by atoms with Crippen molar-refractivity contribution in [1.29, 1.82) is 0 Å². The molecular formula is C19H19N3O2S2. The fourth-order valence-corrected chi connectivity index (χ4v) is 4.12. The smallest absolute Gasteiger partial charge is 0.273 e. The molecule has 0 fully saturated rings. The number of para-hydroxylation sites is 1. The SMILES string of the molecule is CCc1ccccc1NC(=O)CN(C)C(=O)c1csc(-c2cccs2)n1. The number of nitrogens with one attached hydrogen (secondary N) is 1. The summed E-state index contributed by atoms with van der Waals surface area (Å²) in [6.07, 6.45) is 0.829. The first kappa shape index (κ1) is 18.3. The highest BCUT2D eigenvalue weighted by Gasteiger charge is 2.19. The van der Waals surface area contributed by atoms with E-state index in [0.29, 0.717) is 5.69 Å². The second kappa shape index (κ2) is 8.25. The van der Waals surface area contributed by atoms with Crippen molar-refractivity contribution in [2.45, 2.75) is 13.3 Å². The van der Waals surface area contributed by atoms with Crippen LogP contribution in [0.5, 0.6) is 0 Å². The summed E-state index contributed by atoms with van der Waals surface area (Å²) < 4.78 is 0. The lowest BCUT2D eigenvalue weighted by molar-refractivity contribution is -0.116. The van der Waals surface area contributed by atoms with Crippen LogP contribution in [0.1, 0.15) is 23.0 Å². The molecule has 0 radical (unpaired) electrons. The van der Waals surface area contributed by atoms with E-state index in [1.54, 1.807) is 23.8 Å². The van der Waals surface area contributed by atoms with E-state index < -0.39 is 0 Å². The molecule has 0 unspecified atom stereocenters. The molecule has 0 aliphatic rings. The van der Waals surface area contributed by atoms with Gasteiger partial charge in [-0.2, -0.15) is 0 Å². The molecule has 2 aromatic heterocycles. The van der Waals surface area contributed by atoms with Crippen LogP contribution in [0.2, 0.25) is 0 Å². The highest BCUT2D eigenvalue weighted by atomic mass is 32.1. The summed E-state index contributed by atoms with van der Waals surface area (Å²) in [5.41, 5.74) is 2.21. The van der Waals surface area contributed by atoms with Gasteiger partial charge in [0.2, 0.25) is 5.91 Å². The predicted octanol–water partition coefficient (Wildman–Crippen LogP) is 4.14. The Labute approximate surface area is 160 Å². The Morgan fingerprint density at radius 2 is 1.96 bits per heavy atom. The molecule has 1 aromatic carbocycles. The number of rotatable bonds is 6. The molecule has 2 heterocycles.